The zero-order valence-electron chi connectivity index (χ0n) is 9.90. The molecule has 17 heavy (non-hydrogen) atoms. The lowest BCUT2D eigenvalue weighted by Crippen LogP contribution is -2.39. The number of hydrogen-bond donors (Lipinski definition) is 0. The second-order valence-electron chi connectivity index (χ2n) is 4.55. The molecule has 0 aliphatic carbocycles. The Morgan fingerprint density at radius 1 is 1.29 bits per heavy atom. The molecule has 0 amide bonds. The molecule has 2 nitrogen and oxygen atoms in total. The van der Waals surface area contributed by atoms with Crippen LogP contribution in [0.5, 0.6) is 0 Å². The fraction of sp³-hybridized carbons (Fsp3) is 0.500. The average molecular weight is 232 g/mol. The van der Waals surface area contributed by atoms with Crippen molar-refractivity contribution in [2.45, 2.75) is 31.7 Å². The van der Waals surface area contributed by atoms with Gasteiger partial charge in [0.05, 0.1) is 12.1 Å². The van der Waals surface area contributed by atoms with E-state index in [9.17, 15) is 4.39 Å². The Morgan fingerprint density at radius 2 is 2.06 bits per heavy atom. The largest absolute Gasteiger partial charge is 0.288 e. The molecule has 1 heterocycles. The molecule has 1 aliphatic rings. The van der Waals surface area contributed by atoms with Crippen molar-refractivity contribution in [1.82, 2.24) is 4.90 Å². The number of piperidine rings is 1. The molecule has 0 radical (unpaired) electrons. The Morgan fingerprint density at radius 3 is 2.76 bits per heavy atom. The summed E-state index contributed by atoms with van der Waals surface area (Å²) in [6, 6.07) is 9.07. The van der Waals surface area contributed by atoms with Gasteiger partial charge in [0, 0.05) is 6.54 Å². The molecule has 0 spiro atoms. The van der Waals surface area contributed by atoms with Gasteiger partial charge >= 0.3 is 0 Å². The number of nitriles is 1. The third kappa shape index (κ3) is 3.28. The van der Waals surface area contributed by atoms with Gasteiger partial charge in [-0.3, -0.25) is 4.90 Å². The zero-order valence-corrected chi connectivity index (χ0v) is 9.90. The molecule has 0 N–H and O–H groups in total. The summed E-state index contributed by atoms with van der Waals surface area (Å²) in [6.07, 6.45) is 4.21. The topological polar surface area (TPSA) is 27.0 Å². The Labute approximate surface area is 102 Å². The average Bonchev–Trinajstić information content (AvgIpc) is 2.38. The highest BCUT2D eigenvalue weighted by Crippen LogP contribution is 2.16. The van der Waals surface area contributed by atoms with Crippen molar-refractivity contribution >= 4 is 0 Å². The summed E-state index contributed by atoms with van der Waals surface area (Å²) < 4.78 is 12.7. The lowest BCUT2D eigenvalue weighted by molar-refractivity contribution is 0.187. The third-order valence-electron chi connectivity index (χ3n) is 3.36. The van der Waals surface area contributed by atoms with Crippen LogP contribution in [0.4, 0.5) is 4.39 Å². The summed E-state index contributed by atoms with van der Waals surface area (Å²) in [6.45, 7) is 1.91. The van der Waals surface area contributed by atoms with E-state index in [0.717, 1.165) is 37.9 Å². The maximum absolute atomic E-state index is 12.7. The number of hydrogen-bond acceptors (Lipinski definition) is 2. The number of benzene rings is 1. The van der Waals surface area contributed by atoms with E-state index >= 15 is 0 Å². The molecule has 1 aromatic rings. The number of nitrogens with zero attached hydrogens (tertiary/aromatic N) is 2. The maximum atomic E-state index is 12.7. The van der Waals surface area contributed by atoms with Gasteiger partial charge in [-0.25, -0.2) is 4.39 Å². The van der Waals surface area contributed by atoms with Crippen molar-refractivity contribution in [2.75, 3.05) is 13.1 Å². The highest BCUT2D eigenvalue weighted by Gasteiger charge is 2.21. The molecule has 1 unspecified atom stereocenters. The molecule has 0 saturated carbocycles. The Balaban J connectivity index is 1.88. The summed E-state index contributed by atoms with van der Waals surface area (Å²) in [5.74, 6) is -0.193. The molecule has 90 valence electrons. The van der Waals surface area contributed by atoms with E-state index in [1.807, 2.05) is 12.1 Å². The van der Waals surface area contributed by atoms with Crippen molar-refractivity contribution < 1.29 is 4.39 Å². The van der Waals surface area contributed by atoms with Crippen molar-refractivity contribution in [3.05, 3.63) is 35.6 Å². The first-order valence-electron chi connectivity index (χ1n) is 6.18. The monoisotopic (exact) mass is 232 g/mol. The van der Waals surface area contributed by atoms with Crippen LogP contribution in [0, 0.1) is 17.1 Å². The van der Waals surface area contributed by atoms with Crippen molar-refractivity contribution in [3.8, 4) is 6.07 Å². The summed E-state index contributed by atoms with van der Waals surface area (Å²) in [4.78, 5) is 2.24. The fourth-order valence-corrected chi connectivity index (χ4v) is 2.33. The van der Waals surface area contributed by atoms with Crippen LogP contribution in [0.1, 0.15) is 24.8 Å². The molecule has 1 atom stereocenters. The van der Waals surface area contributed by atoms with Crippen LogP contribution >= 0.6 is 0 Å². The van der Waals surface area contributed by atoms with E-state index in [4.69, 9.17) is 5.26 Å². The van der Waals surface area contributed by atoms with Crippen LogP contribution in [0.25, 0.3) is 0 Å². The number of rotatable bonds is 3. The highest BCUT2D eigenvalue weighted by atomic mass is 19.1. The van der Waals surface area contributed by atoms with E-state index in [1.54, 1.807) is 0 Å². The fourth-order valence-electron chi connectivity index (χ4n) is 2.33. The van der Waals surface area contributed by atoms with Crippen LogP contribution in [-0.4, -0.2) is 24.0 Å². The van der Waals surface area contributed by atoms with Gasteiger partial charge in [0.2, 0.25) is 0 Å². The van der Waals surface area contributed by atoms with Crippen molar-refractivity contribution in [2.24, 2.45) is 0 Å². The predicted octanol–water partition coefficient (Wildman–Crippen LogP) is 2.75. The molecule has 1 aromatic carbocycles. The van der Waals surface area contributed by atoms with Gasteiger partial charge in [0.15, 0.2) is 0 Å². The van der Waals surface area contributed by atoms with Gasteiger partial charge in [-0.2, -0.15) is 5.26 Å². The normalized spacial score (nSPS) is 21.1. The van der Waals surface area contributed by atoms with Gasteiger partial charge in [-0.1, -0.05) is 12.1 Å². The van der Waals surface area contributed by atoms with Gasteiger partial charge in [0.1, 0.15) is 5.82 Å². The standard InChI is InChI=1S/C14H17FN2/c15-13-6-4-12(5-7-13)8-10-17-9-2-1-3-14(17)11-16/h4-7,14H,1-3,8-10H2. The molecule has 0 bridgehead atoms. The molecule has 0 aromatic heterocycles. The molecular formula is C14H17FN2. The number of halogens is 1. The predicted molar refractivity (Wildman–Crippen MR) is 64.9 cm³/mol. The first kappa shape index (κ1) is 12.1. The van der Waals surface area contributed by atoms with Gasteiger partial charge in [0.25, 0.3) is 0 Å². The molecule has 2 rings (SSSR count). The van der Waals surface area contributed by atoms with E-state index in [1.165, 1.54) is 18.6 Å². The lowest BCUT2D eigenvalue weighted by Gasteiger charge is -2.31. The molecule has 1 fully saturated rings. The quantitative estimate of drug-likeness (QED) is 0.801. The minimum atomic E-state index is -0.193. The summed E-state index contributed by atoms with van der Waals surface area (Å²) in [5, 5.41) is 9.05. The van der Waals surface area contributed by atoms with Crippen LogP contribution in [0.2, 0.25) is 0 Å². The van der Waals surface area contributed by atoms with Gasteiger partial charge < -0.3 is 0 Å². The smallest absolute Gasteiger partial charge is 0.123 e. The summed E-state index contributed by atoms with van der Waals surface area (Å²) in [5.41, 5.74) is 1.13. The Hall–Kier alpha value is -1.40. The van der Waals surface area contributed by atoms with Crippen LogP contribution in [0.15, 0.2) is 24.3 Å². The van der Waals surface area contributed by atoms with E-state index < -0.39 is 0 Å². The van der Waals surface area contributed by atoms with Crippen LogP contribution < -0.4 is 0 Å². The molecule has 1 aliphatic heterocycles. The highest BCUT2D eigenvalue weighted by molar-refractivity contribution is 5.16. The Bertz CT molecular complexity index is 394. The zero-order chi connectivity index (χ0) is 12.1. The minimum absolute atomic E-state index is 0.0733. The molecule has 1 saturated heterocycles. The van der Waals surface area contributed by atoms with E-state index in [-0.39, 0.29) is 11.9 Å². The second-order valence-corrected chi connectivity index (χ2v) is 4.55. The van der Waals surface area contributed by atoms with E-state index in [2.05, 4.69) is 11.0 Å². The van der Waals surface area contributed by atoms with Crippen LogP contribution in [-0.2, 0) is 6.42 Å². The van der Waals surface area contributed by atoms with Crippen LogP contribution in [0.3, 0.4) is 0 Å². The summed E-state index contributed by atoms with van der Waals surface area (Å²) in [7, 11) is 0. The SMILES string of the molecule is N#CC1CCCCN1CCc1ccc(F)cc1. The van der Waals surface area contributed by atoms with E-state index in [0.29, 0.717) is 0 Å². The second kappa shape index (κ2) is 5.79. The molecular weight excluding hydrogens is 215 g/mol. The first-order valence-corrected chi connectivity index (χ1v) is 6.18. The van der Waals surface area contributed by atoms with Crippen molar-refractivity contribution in [1.29, 1.82) is 5.26 Å². The van der Waals surface area contributed by atoms with Gasteiger partial charge in [-0.05, 0) is 49.9 Å². The minimum Gasteiger partial charge on any atom is -0.288 e. The first-order chi connectivity index (χ1) is 8.29. The molecule has 3 heteroatoms. The number of likely N-dealkylation sites (tertiary alicyclic amines) is 1. The maximum Gasteiger partial charge on any atom is 0.123 e. The van der Waals surface area contributed by atoms with Crippen molar-refractivity contribution in [3.63, 3.8) is 0 Å². The summed E-state index contributed by atoms with van der Waals surface area (Å²) >= 11 is 0. The lowest BCUT2D eigenvalue weighted by atomic mass is 10.0. The van der Waals surface area contributed by atoms with Gasteiger partial charge in [-0.15, -0.1) is 0 Å². The Kier molecular flexibility index (Phi) is 4.11. The third-order valence-corrected chi connectivity index (χ3v) is 3.36.